The first-order valence-electron chi connectivity index (χ1n) is 50.7. The Bertz CT molecular complexity index is 6360. The Morgan fingerprint density at radius 2 is 0.767 bits per heavy atom. The highest BCUT2D eigenvalue weighted by Gasteiger charge is 2.50. The van der Waals surface area contributed by atoms with Gasteiger partial charge in [-0.3, -0.25) is 43.2 Å². The molecule has 15 rings (SSSR count). The van der Waals surface area contributed by atoms with E-state index in [9.17, 15) is 58.5 Å². The predicted molar refractivity (Wildman–Crippen MR) is 570 cm³/mol. The van der Waals surface area contributed by atoms with Crippen molar-refractivity contribution >= 4 is 98.2 Å². The lowest BCUT2D eigenvalue weighted by molar-refractivity contribution is -0.141. The Morgan fingerprint density at radius 1 is 0.432 bits per heavy atom. The van der Waals surface area contributed by atoms with Gasteiger partial charge in [0.15, 0.2) is 28.9 Å². The highest BCUT2D eigenvalue weighted by molar-refractivity contribution is 7.14. The summed E-state index contributed by atoms with van der Waals surface area (Å²) < 4.78 is 22.5. The molecule has 0 spiro atoms. The van der Waals surface area contributed by atoms with Crippen LogP contribution < -0.4 is 0 Å². The van der Waals surface area contributed by atoms with Crippen molar-refractivity contribution in [2.24, 2.45) is 23.2 Å². The second-order valence-electron chi connectivity index (χ2n) is 45.8. The van der Waals surface area contributed by atoms with E-state index in [2.05, 4.69) is 75.1 Å². The van der Waals surface area contributed by atoms with Gasteiger partial charge in [0.05, 0.1) is 121 Å². The lowest BCUT2D eigenvalue weighted by Crippen LogP contribution is -2.45. The van der Waals surface area contributed by atoms with Crippen molar-refractivity contribution in [1.29, 1.82) is 0 Å². The number of halogens is 1. The smallest absolute Gasteiger partial charge is 0.234 e. The van der Waals surface area contributed by atoms with E-state index in [0.717, 1.165) is 93.3 Å². The Morgan fingerprint density at radius 3 is 1.14 bits per heavy atom. The van der Waals surface area contributed by atoms with Gasteiger partial charge in [-0.05, 0) is 120 Å². The van der Waals surface area contributed by atoms with Gasteiger partial charge in [0.25, 0.3) is 0 Å². The van der Waals surface area contributed by atoms with Gasteiger partial charge < -0.3 is 53.0 Å². The maximum atomic E-state index is 13.9. The number of aromatic nitrogens is 7. The average Bonchev–Trinajstić information content (AvgIpc) is 1.42. The number of thiazole rings is 3. The summed E-state index contributed by atoms with van der Waals surface area (Å²) in [5.74, 6) is -1.46. The van der Waals surface area contributed by atoms with Crippen molar-refractivity contribution < 1.29 is 76.6 Å². The molecule has 11 heterocycles. The van der Waals surface area contributed by atoms with Gasteiger partial charge in [-0.15, -0.1) is 34.0 Å². The van der Waals surface area contributed by atoms with Crippen molar-refractivity contribution in [2.75, 3.05) is 26.2 Å². The molecule has 11 unspecified atom stereocenters. The molecule has 4 fully saturated rings. The number of amides is 4. The fourth-order valence-electron chi connectivity index (χ4n) is 19.1. The summed E-state index contributed by atoms with van der Waals surface area (Å²) >= 11 is 10.6. The lowest BCUT2D eigenvalue weighted by atomic mass is 9.77. The number of ketones is 5. The molecule has 4 aromatic carbocycles. The average molecular weight is 2070 g/mol. The van der Waals surface area contributed by atoms with Gasteiger partial charge in [-0.2, -0.15) is 0 Å². The van der Waals surface area contributed by atoms with Crippen LogP contribution in [-0.2, 0) is 90.7 Å². The quantitative estimate of drug-likeness (QED) is 0.0340. The van der Waals surface area contributed by atoms with E-state index in [-0.39, 0.29) is 156 Å². The van der Waals surface area contributed by atoms with E-state index in [1.54, 1.807) is 42.9 Å². The first-order valence-corrected chi connectivity index (χ1v) is 53.7. The lowest BCUT2D eigenvalue weighted by Gasteiger charge is -2.33. The van der Waals surface area contributed by atoms with Crippen LogP contribution in [0.3, 0.4) is 0 Å². The first kappa shape index (κ1) is 113. The van der Waals surface area contributed by atoms with Crippen molar-refractivity contribution in [2.45, 2.75) is 331 Å². The van der Waals surface area contributed by atoms with Crippen LogP contribution in [0.2, 0.25) is 5.02 Å². The number of β-amino-alcohol motifs (C(OH)–C–C–N with tert-alkyl or cyclic N) is 2. The summed E-state index contributed by atoms with van der Waals surface area (Å²) in [6.45, 7) is 52.8. The Labute approximate surface area is 875 Å². The SMILES string of the molecule is C=C1CC(C(=O)CCc2ccc(Cl)cc2)N(C(=O)C(c2cc(C(C)(C)C)no2)C(C)C)C1.CC(CC(=O)C1CC(O)CN1C(=O)C(c1cc(C(C)(C)C)no1)C(C)C)c1ccc(-c2scnc2CO)cc1.Cc1ncsc1-c1ccc(CCC(=O)C2CC(=O)CN2C(=O)C(c2cc(C(C)(C)C)no2)C(C)C)cc1.Cc1ncsc1-c1ccc(CCC(=O)C2CC(O)CN2C(=O)C(c2cc(C(C)(C)C)no2)C(C)(C)C)cc1. The fourth-order valence-corrected chi connectivity index (χ4v) is 21.7. The summed E-state index contributed by atoms with van der Waals surface area (Å²) in [4.78, 5) is 143. The topological polar surface area (TPSA) is 370 Å². The molecule has 11 aromatic rings. The third kappa shape index (κ3) is 28.2. The monoisotopic (exact) mass is 2070 g/mol. The number of rotatable bonds is 31. The normalized spacial score (nSPS) is 18.4. The molecule has 27 nitrogen and oxygen atoms in total. The first-order chi connectivity index (χ1) is 68.6. The molecule has 4 amide bonds. The summed E-state index contributed by atoms with van der Waals surface area (Å²) in [6, 6.07) is 36.7. The molecule has 4 saturated heterocycles. The molecular weight excluding hydrogens is 1920 g/mol. The maximum Gasteiger partial charge on any atom is 0.234 e. The van der Waals surface area contributed by atoms with Crippen LogP contribution in [0.15, 0.2) is 168 Å². The van der Waals surface area contributed by atoms with E-state index in [0.29, 0.717) is 78.8 Å². The van der Waals surface area contributed by atoms with Crippen LogP contribution in [-0.4, -0.2) is 186 Å². The van der Waals surface area contributed by atoms with Crippen LogP contribution in [0.1, 0.15) is 318 Å². The van der Waals surface area contributed by atoms with Gasteiger partial charge in [0.1, 0.15) is 46.7 Å². The van der Waals surface area contributed by atoms with Gasteiger partial charge >= 0.3 is 0 Å². The van der Waals surface area contributed by atoms with E-state index < -0.39 is 65.5 Å². The number of hydrogen-bond donors (Lipinski definition) is 3. The van der Waals surface area contributed by atoms with Crippen LogP contribution >= 0.6 is 45.6 Å². The molecule has 3 N–H and O–H groups in total. The molecule has 146 heavy (non-hydrogen) atoms. The Kier molecular flexibility index (Phi) is 37.3. The molecule has 0 aliphatic carbocycles. The zero-order chi connectivity index (χ0) is 107. The Balaban J connectivity index is 0.000000174. The number of Topliss-reactive ketones (excluding diaryl/α,β-unsaturated/α-hetero) is 5. The minimum Gasteiger partial charge on any atom is -0.391 e. The fraction of sp³-hybridized carbons (Fsp3) is 0.513. The van der Waals surface area contributed by atoms with Crippen LogP contribution in [0.5, 0.6) is 0 Å². The molecule has 11 atom stereocenters. The zero-order valence-electron chi connectivity index (χ0n) is 89.1. The minimum atomic E-state index is -0.745. The number of carbonyl (C=O) groups excluding carboxylic acids is 9. The highest BCUT2D eigenvalue weighted by Crippen LogP contribution is 2.44. The summed E-state index contributed by atoms with van der Waals surface area (Å²) in [7, 11) is 0. The second-order valence-corrected chi connectivity index (χ2v) is 48.8. The maximum absolute atomic E-state index is 13.9. The number of carbonyl (C=O) groups is 9. The highest BCUT2D eigenvalue weighted by atomic mass is 35.5. The predicted octanol–water partition coefficient (Wildman–Crippen LogP) is 22.0. The number of aryl methyl sites for hydroxylation is 5. The summed E-state index contributed by atoms with van der Waals surface area (Å²) in [5, 5.41) is 47.9. The molecule has 0 saturated carbocycles. The number of aliphatic hydroxyl groups excluding tert-OH is 3. The summed E-state index contributed by atoms with van der Waals surface area (Å²) in [5.41, 5.74) is 18.2. The zero-order valence-corrected chi connectivity index (χ0v) is 92.3. The van der Waals surface area contributed by atoms with Crippen LogP contribution in [0, 0.1) is 37.0 Å². The van der Waals surface area contributed by atoms with Gasteiger partial charge in [0.2, 0.25) is 23.6 Å². The van der Waals surface area contributed by atoms with Gasteiger partial charge in [0, 0.05) is 116 Å². The molecule has 782 valence electrons. The largest absolute Gasteiger partial charge is 0.391 e. The third-order valence-corrected chi connectivity index (χ3v) is 30.9. The van der Waals surface area contributed by atoms with Crippen molar-refractivity contribution in [3.63, 3.8) is 0 Å². The van der Waals surface area contributed by atoms with E-state index in [1.807, 2.05) is 266 Å². The molecule has 0 bridgehead atoms. The molecule has 31 heteroatoms. The molecule has 0 radical (unpaired) electrons. The molecule has 4 aliphatic heterocycles. The van der Waals surface area contributed by atoms with Gasteiger partial charge in [-0.1, -0.05) is 282 Å². The van der Waals surface area contributed by atoms with Crippen LogP contribution in [0.4, 0.5) is 0 Å². The van der Waals surface area contributed by atoms with Crippen molar-refractivity contribution in [3.8, 4) is 31.3 Å². The van der Waals surface area contributed by atoms with E-state index >= 15 is 0 Å². The Hall–Kier alpha value is -11.3. The molecule has 7 aromatic heterocycles. The van der Waals surface area contributed by atoms with Crippen molar-refractivity contribution in [3.05, 3.63) is 240 Å². The summed E-state index contributed by atoms with van der Waals surface area (Å²) in [6.07, 6.45) is 2.55. The van der Waals surface area contributed by atoms with Gasteiger partial charge in [-0.25, -0.2) is 15.0 Å². The number of hydrogen-bond acceptors (Lipinski definition) is 26. The number of nitrogens with zero attached hydrogens (tertiary/aromatic N) is 11. The standard InChI is InChI=1S/C30H39N3O5S.C30H39N3O4S.C29H35N3O4S.C26H33ClN2O3/c1-17(2)27(25-13-26(32-38-25)30(4,5)6)29(37)33-14-21(35)12-23(33)24(36)11-18(3)19-7-9-20(10-8-19)28-22(15-34)31-16-39-28;1-18-27(38-17-31-18)20-11-8-19(9-12-20)10-13-23(35)22-14-21(34)16-33(22)28(36)26(30(5,6)7)24-15-25(32-37-24)29(2,3)4;1-17(2)26(24-14-25(31-36-24)29(4,5)6)28(35)32-15-21(33)13-22(32)23(34)12-9-19-7-10-20(11-8-19)27-18(3)30-16-37-27;1-16(2)24(22-14-23(28-32-22)26(4,5)6)25(31)29-15-17(3)13-20(29)21(30)12-9-18-7-10-19(27)11-8-18/h7-10,13,16-18,21,23,27,34-35H,11-12,14-15H2,1-6H3;8-9,11-12,15,17,21-22,26,34H,10,13-14,16H2,1-7H3;7-8,10-11,14,16-17,22,26H,9,12-13,15H2,1-6H3;7-8,10-11,14,16,20,24H,3,9,12-13,15H2,1-2,4-6H3. The molecule has 4 aliphatic rings. The number of benzene rings is 4. The van der Waals surface area contributed by atoms with Crippen LogP contribution in [0.25, 0.3) is 31.3 Å². The number of likely N-dealkylation sites (tertiary alicyclic amines) is 4. The van der Waals surface area contributed by atoms with E-state index in [4.69, 9.17) is 29.7 Å². The van der Waals surface area contributed by atoms with E-state index in [1.165, 1.54) is 16.2 Å². The minimum absolute atomic E-state index is 0.00181. The van der Waals surface area contributed by atoms with Crippen molar-refractivity contribution in [1.82, 2.24) is 55.2 Å². The second kappa shape index (κ2) is 47.9. The number of aliphatic hydroxyl groups is 3. The third-order valence-electron chi connectivity index (χ3n) is 27.7. The molecular formula is C115H146ClN11O16S3.